The van der Waals surface area contributed by atoms with Crippen LogP contribution in [-0.4, -0.2) is 82.9 Å². The van der Waals surface area contributed by atoms with Gasteiger partial charge in [0.25, 0.3) is 28.9 Å². The molecule has 59 heavy (non-hydrogen) atoms. The summed E-state index contributed by atoms with van der Waals surface area (Å²) in [6.07, 6.45) is 14.7. The Bertz CT molecular complexity index is 2680. The Hall–Kier alpha value is -5.92. The molecule has 12 nitrogen and oxygen atoms in total. The normalized spacial score (nSPS) is 21.1. The third-order valence-corrected chi connectivity index (χ3v) is 13.2. The summed E-state index contributed by atoms with van der Waals surface area (Å²) < 4.78 is 29.4. The van der Waals surface area contributed by atoms with Crippen molar-refractivity contribution in [3.05, 3.63) is 116 Å². The van der Waals surface area contributed by atoms with E-state index in [4.69, 9.17) is 4.98 Å². The van der Waals surface area contributed by atoms with Gasteiger partial charge in [0.2, 0.25) is 0 Å². The van der Waals surface area contributed by atoms with Crippen LogP contribution < -0.4 is 11.1 Å². The number of nitrogens with one attached hydrogen (secondary N) is 2. The number of hydrogen-bond donors (Lipinski definition) is 2. The molecule has 10 rings (SSSR count). The van der Waals surface area contributed by atoms with Crippen LogP contribution in [0.25, 0.3) is 33.8 Å². The highest BCUT2D eigenvalue weighted by Crippen LogP contribution is 2.41. The highest BCUT2D eigenvalue weighted by molar-refractivity contribution is 6.01. The quantitative estimate of drug-likeness (QED) is 0.166. The van der Waals surface area contributed by atoms with Crippen molar-refractivity contribution in [3.63, 3.8) is 0 Å². The van der Waals surface area contributed by atoms with Gasteiger partial charge in [0.15, 0.2) is 11.3 Å². The number of carbonyl (C=O) groups is 2. The number of rotatable bonds is 8. The molecule has 2 aliphatic heterocycles. The number of aromatic amines is 2. The van der Waals surface area contributed by atoms with E-state index < -0.39 is 30.5 Å². The second-order valence-corrected chi connectivity index (χ2v) is 17.3. The Morgan fingerprint density at radius 3 is 1.69 bits per heavy atom. The lowest BCUT2D eigenvalue weighted by Gasteiger charge is -2.42. The van der Waals surface area contributed by atoms with Gasteiger partial charge in [0, 0.05) is 48.7 Å². The Morgan fingerprint density at radius 2 is 1.15 bits per heavy atom. The standard InChI is InChI=1S/C45H46F2N8O4/c46-45(47)25-53(26-45)44(59)36-22-49-55-40(57)20-38(51-42(36)55)33-15-11-31(12-16-33)34-8-4-5-27(18-34)17-28-23-52(24-28)43(58)35-21-48-54-39(56)19-37(50-41(35)54)32-13-9-30(10-14-32)29-6-2-1-3-7-29/h9-16,19-22,27-29,34,48-49H,1-8,17-18,23-26H2. The van der Waals surface area contributed by atoms with E-state index in [-0.39, 0.29) is 22.7 Å². The number of nitrogens with zero attached hydrogens (tertiary/aromatic N) is 6. The van der Waals surface area contributed by atoms with E-state index in [2.05, 4.69) is 39.4 Å². The Balaban J connectivity index is 0.766. The number of hydrogen-bond acceptors (Lipinski definition) is 6. The molecule has 2 unspecified atom stereocenters. The van der Waals surface area contributed by atoms with Gasteiger partial charge in [-0.05, 0) is 66.9 Å². The van der Waals surface area contributed by atoms with Crippen molar-refractivity contribution in [2.45, 2.75) is 82.0 Å². The highest BCUT2D eigenvalue weighted by Gasteiger charge is 2.47. The summed E-state index contributed by atoms with van der Waals surface area (Å²) >= 11 is 0. The van der Waals surface area contributed by atoms with Crippen molar-refractivity contribution < 1.29 is 18.4 Å². The second-order valence-electron chi connectivity index (χ2n) is 17.3. The monoisotopic (exact) mass is 800 g/mol. The number of benzene rings is 2. The first-order valence-corrected chi connectivity index (χ1v) is 21.0. The third-order valence-electron chi connectivity index (χ3n) is 13.2. The maximum absolute atomic E-state index is 13.7. The zero-order chi connectivity index (χ0) is 40.4. The summed E-state index contributed by atoms with van der Waals surface area (Å²) in [5.74, 6) is -1.68. The molecule has 2 saturated carbocycles. The third kappa shape index (κ3) is 7.05. The van der Waals surface area contributed by atoms with Crippen LogP contribution in [0.1, 0.15) is 108 Å². The molecule has 2 amide bonds. The lowest BCUT2D eigenvalue weighted by atomic mass is 9.73. The molecule has 4 aromatic heterocycles. The molecule has 4 aliphatic rings. The number of amides is 2. The number of halogens is 2. The van der Waals surface area contributed by atoms with Crippen molar-refractivity contribution in [2.75, 3.05) is 26.2 Å². The lowest BCUT2D eigenvalue weighted by Crippen LogP contribution is -2.58. The van der Waals surface area contributed by atoms with Gasteiger partial charge < -0.3 is 9.80 Å². The Kier molecular flexibility index (Phi) is 9.32. The average Bonchev–Trinajstić information content (AvgIpc) is 3.87. The molecule has 2 atom stereocenters. The van der Waals surface area contributed by atoms with Crippen LogP contribution in [0, 0.1) is 11.8 Å². The van der Waals surface area contributed by atoms with Crippen molar-refractivity contribution in [1.82, 2.24) is 39.0 Å². The van der Waals surface area contributed by atoms with Gasteiger partial charge in [0.05, 0.1) is 24.5 Å². The fourth-order valence-electron chi connectivity index (χ4n) is 10.0. The number of alkyl halides is 2. The van der Waals surface area contributed by atoms with Crippen LogP contribution in [0.4, 0.5) is 8.78 Å². The van der Waals surface area contributed by atoms with Gasteiger partial charge in [-0.15, -0.1) is 0 Å². The van der Waals surface area contributed by atoms with E-state index in [0.717, 1.165) is 52.6 Å². The van der Waals surface area contributed by atoms with E-state index >= 15 is 0 Å². The van der Waals surface area contributed by atoms with Crippen LogP contribution in [0.2, 0.25) is 0 Å². The predicted octanol–water partition coefficient (Wildman–Crippen LogP) is 7.27. The van der Waals surface area contributed by atoms with Crippen LogP contribution in [0.5, 0.6) is 0 Å². The zero-order valence-corrected chi connectivity index (χ0v) is 32.7. The smallest absolute Gasteiger partial charge is 0.282 e. The molecule has 2 saturated heterocycles. The first kappa shape index (κ1) is 37.4. The van der Waals surface area contributed by atoms with Crippen molar-refractivity contribution in [3.8, 4) is 22.5 Å². The summed E-state index contributed by atoms with van der Waals surface area (Å²) in [6.45, 7) is 0.0466. The SMILES string of the molecule is O=C(c1c[nH]n2c(=O)cc(-c3ccc(C4CCCCC4)cc3)nc12)N1CC(CC2CCCC(c3ccc(-c4cc(=O)n5[nH]cc(C(=O)N6CC(F)(F)C6)c5n4)cc3)C2)C1. The first-order valence-electron chi connectivity index (χ1n) is 21.0. The van der Waals surface area contributed by atoms with Crippen LogP contribution in [-0.2, 0) is 0 Å². The van der Waals surface area contributed by atoms with Gasteiger partial charge in [-0.1, -0.05) is 80.6 Å². The summed E-state index contributed by atoms with van der Waals surface area (Å²) in [4.78, 5) is 65.0. The fourth-order valence-corrected chi connectivity index (χ4v) is 10.0. The summed E-state index contributed by atoms with van der Waals surface area (Å²) in [5.41, 5.74) is 5.41. The largest absolute Gasteiger partial charge is 0.338 e. The van der Waals surface area contributed by atoms with Gasteiger partial charge in [-0.2, -0.15) is 0 Å². The zero-order valence-electron chi connectivity index (χ0n) is 32.7. The molecule has 2 N–H and O–H groups in total. The number of aromatic nitrogens is 6. The van der Waals surface area contributed by atoms with Gasteiger partial charge >= 0.3 is 0 Å². The molecule has 2 aromatic carbocycles. The number of fused-ring (bicyclic) bond motifs is 2. The van der Waals surface area contributed by atoms with Gasteiger partial charge in [-0.3, -0.25) is 29.4 Å². The van der Waals surface area contributed by atoms with E-state index in [1.54, 1.807) is 6.20 Å². The Labute approximate surface area is 338 Å². The van der Waals surface area contributed by atoms with Crippen molar-refractivity contribution in [1.29, 1.82) is 0 Å². The molecule has 6 aromatic rings. The topological polar surface area (TPSA) is 141 Å². The summed E-state index contributed by atoms with van der Waals surface area (Å²) in [6, 6.07) is 19.4. The average molecular weight is 801 g/mol. The van der Waals surface area contributed by atoms with Crippen molar-refractivity contribution in [2.24, 2.45) is 11.8 Å². The van der Waals surface area contributed by atoms with Crippen LogP contribution in [0.15, 0.2) is 82.6 Å². The van der Waals surface area contributed by atoms with E-state index in [9.17, 15) is 28.0 Å². The summed E-state index contributed by atoms with van der Waals surface area (Å²) in [5, 5.41) is 5.67. The minimum Gasteiger partial charge on any atom is -0.338 e. The molecule has 14 heteroatoms. The highest BCUT2D eigenvalue weighted by atomic mass is 19.3. The molecule has 2 aliphatic carbocycles. The number of carbonyl (C=O) groups excluding carboxylic acids is 2. The minimum atomic E-state index is -2.90. The van der Waals surface area contributed by atoms with E-state index in [0.29, 0.717) is 59.4 Å². The molecule has 0 radical (unpaired) electrons. The molecule has 304 valence electrons. The van der Waals surface area contributed by atoms with Crippen LogP contribution >= 0.6 is 0 Å². The number of H-pyrrole nitrogens is 2. The minimum absolute atomic E-state index is 0.0787. The Morgan fingerprint density at radius 1 is 0.644 bits per heavy atom. The molecule has 0 bridgehead atoms. The van der Waals surface area contributed by atoms with E-state index in [1.165, 1.54) is 66.1 Å². The first-order chi connectivity index (χ1) is 28.6. The summed E-state index contributed by atoms with van der Waals surface area (Å²) in [7, 11) is 0. The van der Waals surface area contributed by atoms with Crippen LogP contribution in [0.3, 0.4) is 0 Å². The van der Waals surface area contributed by atoms with Gasteiger partial charge in [-0.25, -0.2) is 27.8 Å². The molecule has 6 heterocycles. The van der Waals surface area contributed by atoms with Crippen molar-refractivity contribution >= 4 is 23.1 Å². The molecular weight excluding hydrogens is 755 g/mol. The van der Waals surface area contributed by atoms with Gasteiger partial charge in [0.1, 0.15) is 11.1 Å². The number of likely N-dealkylation sites (tertiary alicyclic amines) is 2. The van der Waals surface area contributed by atoms with E-state index in [1.807, 2.05) is 29.2 Å². The second kappa shape index (κ2) is 14.7. The fraction of sp³-hybridized carbons (Fsp3) is 0.422. The molecule has 0 spiro atoms. The lowest BCUT2D eigenvalue weighted by molar-refractivity contribution is -0.113. The maximum Gasteiger partial charge on any atom is 0.282 e. The molecular formula is C45H46F2N8O4. The maximum atomic E-state index is 13.7. The predicted molar refractivity (Wildman–Crippen MR) is 218 cm³/mol. The molecule has 4 fully saturated rings.